The summed E-state index contributed by atoms with van der Waals surface area (Å²) >= 11 is 0. The average Bonchev–Trinajstić information content (AvgIpc) is 2.10. The molecule has 0 spiro atoms. The molecule has 5 heteroatoms. The standard InChI is InChI=1S/C10H22N2O2S/c1-3-11-5-4-6-15(13,14)12-10-7-9(2)8-10/h9-12H,3-8H2,1-2H3. The van der Waals surface area contributed by atoms with Crippen molar-refractivity contribution in [3.05, 3.63) is 0 Å². The summed E-state index contributed by atoms with van der Waals surface area (Å²) < 4.78 is 25.9. The summed E-state index contributed by atoms with van der Waals surface area (Å²) in [6, 6.07) is 0.198. The second-order valence-corrected chi connectivity index (χ2v) is 6.29. The molecule has 0 unspecified atom stereocenters. The maximum absolute atomic E-state index is 11.6. The summed E-state index contributed by atoms with van der Waals surface area (Å²) in [6.45, 7) is 5.84. The molecule has 0 aromatic carbocycles. The number of nitrogens with one attached hydrogen (secondary N) is 2. The molecule has 15 heavy (non-hydrogen) atoms. The zero-order valence-corrected chi connectivity index (χ0v) is 10.4. The lowest BCUT2D eigenvalue weighted by molar-refractivity contribution is 0.270. The molecule has 0 aromatic heterocycles. The minimum absolute atomic E-state index is 0.198. The Bertz CT molecular complexity index is 271. The Morgan fingerprint density at radius 3 is 2.53 bits per heavy atom. The molecule has 0 aliphatic heterocycles. The smallest absolute Gasteiger partial charge is 0.211 e. The van der Waals surface area contributed by atoms with Gasteiger partial charge in [-0.2, -0.15) is 0 Å². The molecule has 0 aromatic rings. The lowest BCUT2D eigenvalue weighted by Crippen LogP contribution is -2.44. The zero-order valence-electron chi connectivity index (χ0n) is 9.62. The molecule has 0 bridgehead atoms. The van der Waals surface area contributed by atoms with E-state index in [1.54, 1.807) is 0 Å². The fraction of sp³-hybridized carbons (Fsp3) is 1.00. The molecule has 1 aliphatic carbocycles. The largest absolute Gasteiger partial charge is 0.317 e. The van der Waals surface area contributed by atoms with Crippen molar-refractivity contribution in [2.24, 2.45) is 5.92 Å². The van der Waals surface area contributed by atoms with Crippen LogP contribution >= 0.6 is 0 Å². The summed E-state index contributed by atoms with van der Waals surface area (Å²) in [5.41, 5.74) is 0. The highest BCUT2D eigenvalue weighted by molar-refractivity contribution is 7.89. The van der Waals surface area contributed by atoms with Gasteiger partial charge in [0.2, 0.25) is 10.0 Å². The topological polar surface area (TPSA) is 58.2 Å². The summed E-state index contributed by atoms with van der Waals surface area (Å²) in [7, 11) is -3.04. The van der Waals surface area contributed by atoms with Gasteiger partial charge in [-0.25, -0.2) is 13.1 Å². The maximum atomic E-state index is 11.6. The van der Waals surface area contributed by atoms with Crippen LogP contribution in [0.5, 0.6) is 0 Å². The molecule has 1 fully saturated rings. The van der Waals surface area contributed by atoms with Gasteiger partial charge in [0.05, 0.1) is 5.75 Å². The third kappa shape index (κ3) is 4.95. The van der Waals surface area contributed by atoms with Gasteiger partial charge in [-0.3, -0.25) is 0 Å². The third-order valence-electron chi connectivity index (χ3n) is 2.74. The lowest BCUT2D eigenvalue weighted by Gasteiger charge is -2.32. The van der Waals surface area contributed by atoms with Gasteiger partial charge in [-0.1, -0.05) is 13.8 Å². The van der Waals surface area contributed by atoms with E-state index in [1.165, 1.54) is 0 Å². The number of hydrogen-bond acceptors (Lipinski definition) is 3. The molecule has 0 atom stereocenters. The molecule has 0 saturated heterocycles. The second-order valence-electron chi connectivity index (χ2n) is 4.42. The highest BCUT2D eigenvalue weighted by Crippen LogP contribution is 2.26. The van der Waals surface area contributed by atoms with Crippen LogP contribution in [0.15, 0.2) is 0 Å². The molecule has 0 amide bonds. The van der Waals surface area contributed by atoms with E-state index in [-0.39, 0.29) is 11.8 Å². The van der Waals surface area contributed by atoms with Crippen LogP contribution in [0.2, 0.25) is 0 Å². The predicted octanol–water partition coefficient (Wildman–Crippen LogP) is 0.704. The summed E-state index contributed by atoms with van der Waals surface area (Å²) in [6.07, 6.45) is 2.67. The van der Waals surface area contributed by atoms with E-state index < -0.39 is 10.0 Å². The first kappa shape index (κ1) is 12.9. The van der Waals surface area contributed by atoms with Crippen molar-refractivity contribution in [3.63, 3.8) is 0 Å². The van der Waals surface area contributed by atoms with Crippen molar-refractivity contribution in [2.75, 3.05) is 18.8 Å². The predicted molar refractivity (Wildman–Crippen MR) is 62.3 cm³/mol. The highest BCUT2D eigenvalue weighted by Gasteiger charge is 2.28. The zero-order chi connectivity index (χ0) is 11.3. The Labute approximate surface area is 92.9 Å². The van der Waals surface area contributed by atoms with Crippen LogP contribution < -0.4 is 10.0 Å². The van der Waals surface area contributed by atoms with Gasteiger partial charge in [0.1, 0.15) is 0 Å². The Morgan fingerprint density at radius 2 is 2.00 bits per heavy atom. The van der Waals surface area contributed by atoms with Crippen molar-refractivity contribution in [1.82, 2.24) is 10.0 Å². The second kappa shape index (κ2) is 5.82. The quantitative estimate of drug-likeness (QED) is 0.638. The number of sulfonamides is 1. The SMILES string of the molecule is CCNCCCS(=O)(=O)NC1CC(C)C1. The van der Waals surface area contributed by atoms with E-state index in [0.29, 0.717) is 12.3 Å². The van der Waals surface area contributed by atoms with Crippen molar-refractivity contribution in [3.8, 4) is 0 Å². The van der Waals surface area contributed by atoms with E-state index in [9.17, 15) is 8.42 Å². The average molecular weight is 234 g/mol. The monoisotopic (exact) mass is 234 g/mol. The van der Waals surface area contributed by atoms with Crippen LogP contribution in [-0.4, -0.2) is 33.3 Å². The van der Waals surface area contributed by atoms with Gasteiger partial charge < -0.3 is 5.32 Å². The van der Waals surface area contributed by atoms with E-state index >= 15 is 0 Å². The van der Waals surface area contributed by atoms with Gasteiger partial charge in [-0.05, 0) is 38.3 Å². The van der Waals surface area contributed by atoms with E-state index in [2.05, 4.69) is 17.0 Å². The molecule has 90 valence electrons. The van der Waals surface area contributed by atoms with Crippen molar-refractivity contribution in [1.29, 1.82) is 0 Å². The number of rotatable bonds is 7. The Balaban J connectivity index is 2.15. The van der Waals surface area contributed by atoms with E-state index in [0.717, 1.165) is 25.9 Å². The van der Waals surface area contributed by atoms with E-state index in [4.69, 9.17) is 0 Å². The van der Waals surface area contributed by atoms with Crippen LogP contribution in [0.4, 0.5) is 0 Å². The van der Waals surface area contributed by atoms with Crippen molar-refractivity contribution in [2.45, 2.75) is 39.2 Å². The van der Waals surface area contributed by atoms with Gasteiger partial charge in [0.15, 0.2) is 0 Å². The maximum Gasteiger partial charge on any atom is 0.211 e. The molecule has 0 radical (unpaired) electrons. The van der Waals surface area contributed by atoms with Crippen molar-refractivity contribution < 1.29 is 8.42 Å². The number of hydrogen-bond donors (Lipinski definition) is 2. The normalized spacial score (nSPS) is 26.3. The van der Waals surface area contributed by atoms with Crippen LogP contribution in [0.25, 0.3) is 0 Å². The third-order valence-corrected chi connectivity index (χ3v) is 4.26. The Hall–Kier alpha value is -0.130. The minimum atomic E-state index is -3.04. The van der Waals surface area contributed by atoms with Gasteiger partial charge in [-0.15, -0.1) is 0 Å². The molecule has 2 N–H and O–H groups in total. The molecule has 0 heterocycles. The lowest BCUT2D eigenvalue weighted by atomic mass is 9.83. The van der Waals surface area contributed by atoms with Crippen LogP contribution in [0.1, 0.15) is 33.1 Å². The first-order valence-corrected chi connectivity index (χ1v) is 7.39. The fourth-order valence-corrected chi connectivity index (χ4v) is 3.22. The summed E-state index contributed by atoms with van der Waals surface area (Å²) in [5, 5.41) is 3.12. The molecular weight excluding hydrogens is 212 g/mol. The van der Waals surface area contributed by atoms with Gasteiger partial charge >= 0.3 is 0 Å². The molecular formula is C10H22N2O2S. The molecule has 1 aliphatic rings. The minimum Gasteiger partial charge on any atom is -0.317 e. The Kier molecular flexibility index (Phi) is 5.02. The van der Waals surface area contributed by atoms with Crippen molar-refractivity contribution >= 4 is 10.0 Å². The molecule has 4 nitrogen and oxygen atoms in total. The first-order chi connectivity index (χ1) is 7.03. The van der Waals surface area contributed by atoms with Gasteiger partial charge in [0, 0.05) is 6.04 Å². The van der Waals surface area contributed by atoms with Gasteiger partial charge in [0.25, 0.3) is 0 Å². The van der Waals surface area contributed by atoms with Crippen LogP contribution in [-0.2, 0) is 10.0 Å². The van der Waals surface area contributed by atoms with E-state index in [1.807, 2.05) is 6.92 Å². The highest BCUT2D eigenvalue weighted by atomic mass is 32.2. The van der Waals surface area contributed by atoms with Crippen LogP contribution in [0.3, 0.4) is 0 Å². The molecule has 1 saturated carbocycles. The van der Waals surface area contributed by atoms with Crippen LogP contribution in [0, 0.1) is 5.92 Å². The molecule has 1 rings (SSSR count). The first-order valence-electron chi connectivity index (χ1n) is 5.74. The summed E-state index contributed by atoms with van der Waals surface area (Å²) in [4.78, 5) is 0. The summed E-state index contributed by atoms with van der Waals surface area (Å²) in [5.74, 6) is 0.921. The fourth-order valence-electron chi connectivity index (χ4n) is 1.88. The Morgan fingerprint density at radius 1 is 1.33 bits per heavy atom.